The molecule has 0 aliphatic carbocycles. The molecule has 5 nitrogen and oxygen atoms in total. The number of hydrogen-bond donors (Lipinski definition) is 2. The van der Waals surface area contributed by atoms with E-state index in [2.05, 4.69) is 52.1 Å². The van der Waals surface area contributed by atoms with Gasteiger partial charge < -0.3 is 15.2 Å². The van der Waals surface area contributed by atoms with Gasteiger partial charge in [0.05, 0.1) is 5.69 Å². The van der Waals surface area contributed by atoms with Crippen LogP contribution in [-0.4, -0.2) is 24.7 Å². The van der Waals surface area contributed by atoms with Crippen molar-refractivity contribution in [2.45, 2.75) is 39.7 Å². The molecule has 0 radical (unpaired) electrons. The Hall–Kier alpha value is -1.09. The predicted molar refractivity (Wildman–Crippen MR) is 107 cm³/mol. The summed E-state index contributed by atoms with van der Waals surface area (Å²) in [6.45, 7) is 5.73. The standard InChI is InChI=1S/C16H24N4OS.HI/c1-4-14-13(15(5-2)21-20-14)11-19-16(17-3)18-9-8-12-7-6-10-22-12;/h6-7,10H,4-5,8-9,11H2,1-3H3,(H2,17,18,19);1H. The number of nitrogens with one attached hydrogen (secondary N) is 2. The van der Waals surface area contributed by atoms with Crippen molar-refractivity contribution in [1.82, 2.24) is 15.8 Å². The summed E-state index contributed by atoms with van der Waals surface area (Å²) in [6, 6.07) is 4.23. The topological polar surface area (TPSA) is 62.5 Å². The van der Waals surface area contributed by atoms with Gasteiger partial charge >= 0.3 is 0 Å². The highest BCUT2D eigenvalue weighted by Crippen LogP contribution is 2.15. The Labute approximate surface area is 159 Å². The summed E-state index contributed by atoms with van der Waals surface area (Å²) in [4.78, 5) is 5.64. The fourth-order valence-electron chi connectivity index (χ4n) is 2.29. The molecule has 23 heavy (non-hydrogen) atoms. The van der Waals surface area contributed by atoms with Crippen molar-refractivity contribution in [2.24, 2.45) is 4.99 Å². The monoisotopic (exact) mass is 448 g/mol. The minimum absolute atomic E-state index is 0. The van der Waals surface area contributed by atoms with Gasteiger partial charge in [-0.25, -0.2) is 0 Å². The fourth-order valence-corrected chi connectivity index (χ4v) is 3.00. The van der Waals surface area contributed by atoms with Crippen LogP contribution in [0.3, 0.4) is 0 Å². The van der Waals surface area contributed by atoms with Gasteiger partial charge in [0.25, 0.3) is 0 Å². The van der Waals surface area contributed by atoms with E-state index in [1.54, 1.807) is 18.4 Å². The SMILES string of the molecule is CCc1noc(CC)c1CNC(=NC)NCCc1cccs1.I. The average Bonchev–Trinajstić information content (AvgIpc) is 3.19. The summed E-state index contributed by atoms with van der Waals surface area (Å²) in [7, 11) is 1.79. The molecule has 2 N–H and O–H groups in total. The molecule has 0 aliphatic heterocycles. The van der Waals surface area contributed by atoms with Crippen molar-refractivity contribution >= 4 is 41.3 Å². The first kappa shape index (κ1) is 20.0. The molecular formula is C16H25IN4OS. The second-order valence-electron chi connectivity index (χ2n) is 4.92. The lowest BCUT2D eigenvalue weighted by molar-refractivity contribution is 0.380. The summed E-state index contributed by atoms with van der Waals surface area (Å²) in [5.41, 5.74) is 2.18. The lowest BCUT2D eigenvalue weighted by Gasteiger charge is -2.11. The number of thiophene rings is 1. The molecule has 0 saturated heterocycles. The lowest BCUT2D eigenvalue weighted by atomic mass is 10.1. The largest absolute Gasteiger partial charge is 0.361 e. The molecule has 2 heterocycles. The van der Waals surface area contributed by atoms with Crippen LogP contribution in [0.2, 0.25) is 0 Å². The van der Waals surface area contributed by atoms with Gasteiger partial charge in [0.15, 0.2) is 5.96 Å². The van der Waals surface area contributed by atoms with Gasteiger partial charge in [-0.3, -0.25) is 4.99 Å². The van der Waals surface area contributed by atoms with Crippen LogP contribution < -0.4 is 10.6 Å². The zero-order valence-electron chi connectivity index (χ0n) is 13.9. The maximum atomic E-state index is 5.38. The third-order valence-electron chi connectivity index (χ3n) is 3.51. The van der Waals surface area contributed by atoms with Gasteiger partial charge in [0, 0.05) is 37.0 Å². The minimum atomic E-state index is 0. The Morgan fingerprint density at radius 2 is 2.13 bits per heavy atom. The van der Waals surface area contributed by atoms with Gasteiger partial charge in [-0.05, 0) is 24.3 Å². The second-order valence-corrected chi connectivity index (χ2v) is 5.95. The van der Waals surface area contributed by atoms with Crippen molar-refractivity contribution < 1.29 is 4.52 Å². The third kappa shape index (κ3) is 5.80. The van der Waals surface area contributed by atoms with Crippen molar-refractivity contribution in [3.8, 4) is 0 Å². The second kappa shape index (κ2) is 10.6. The van der Waals surface area contributed by atoms with Crippen LogP contribution in [0.5, 0.6) is 0 Å². The molecule has 7 heteroatoms. The molecule has 2 aromatic heterocycles. The van der Waals surface area contributed by atoms with E-state index in [0.717, 1.165) is 48.8 Å². The number of rotatable bonds is 7. The Morgan fingerprint density at radius 1 is 1.30 bits per heavy atom. The van der Waals surface area contributed by atoms with E-state index in [4.69, 9.17) is 4.52 Å². The van der Waals surface area contributed by atoms with E-state index in [1.807, 2.05) is 0 Å². The number of aromatic nitrogens is 1. The quantitative estimate of drug-likeness (QED) is 0.387. The molecule has 0 amide bonds. The molecule has 0 spiro atoms. The Kier molecular flexibility index (Phi) is 9.23. The van der Waals surface area contributed by atoms with Crippen LogP contribution in [0, 0.1) is 0 Å². The predicted octanol–water partition coefficient (Wildman–Crippen LogP) is 3.39. The molecule has 128 valence electrons. The summed E-state index contributed by atoms with van der Waals surface area (Å²) in [5.74, 6) is 1.76. The van der Waals surface area contributed by atoms with Crippen LogP contribution in [0.1, 0.15) is 35.7 Å². The normalized spacial score (nSPS) is 11.2. The molecule has 0 fully saturated rings. The maximum Gasteiger partial charge on any atom is 0.191 e. The number of aliphatic imine (C=N–C) groups is 1. The van der Waals surface area contributed by atoms with Crippen molar-refractivity contribution in [2.75, 3.05) is 13.6 Å². The highest BCUT2D eigenvalue weighted by Gasteiger charge is 2.13. The first-order valence-electron chi connectivity index (χ1n) is 7.71. The van der Waals surface area contributed by atoms with Crippen molar-refractivity contribution in [3.05, 3.63) is 39.4 Å². The molecule has 0 aromatic carbocycles. The molecule has 0 atom stereocenters. The van der Waals surface area contributed by atoms with Crippen LogP contribution >= 0.6 is 35.3 Å². The first-order valence-corrected chi connectivity index (χ1v) is 8.59. The maximum absolute atomic E-state index is 5.38. The smallest absolute Gasteiger partial charge is 0.191 e. The molecule has 2 aromatic rings. The van der Waals surface area contributed by atoms with Crippen LogP contribution in [0.4, 0.5) is 0 Å². The van der Waals surface area contributed by atoms with Gasteiger partial charge in [-0.2, -0.15) is 0 Å². The molecule has 2 rings (SSSR count). The zero-order chi connectivity index (χ0) is 15.8. The summed E-state index contributed by atoms with van der Waals surface area (Å²) in [5, 5.41) is 12.9. The number of hydrogen-bond acceptors (Lipinski definition) is 4. The van der Waals surface area contributed by atoms with E-state index in [1.165, 1.54) is 4.88 Å². The van der Waals surface area contributed by atoms with E-state index in [0.29, 0.717) is 6.54 Å². The van der Waals surface area contributed by atoms with Crippen LogP contribution in [-0.2, 0) is 25.8 Å². The summed E-state index contributed by atoms with van der Waals surface area (Å²) in [6.07, 6.45) is 2.74. The number of halogens is 1. The Bertz CT molecular complexity index is 574. The highest BCUT2D eigenvalue weighted by atomic mass is 127. The van der Waals surface area contributed by atoms with E-state index in [-0.39, 0.29) is 24.0 Å². The number of aryl methyl sites for hydroxylation is 2. The van der Waals surface area contributed by atoms with E-state index in [9.17, 15) is 0 Å². The zero-order valence-corrected chi connectivity index (χ0v) is 17.0. The van der Waals surface area contributed by atoms with Gasteiger partial charge in [-0.15, -0.1) is 35.3 Å². The van der Waals surface area contributed by atoms with E-state index < -0.39 is 0 Å². The highest BCUT2D eigenvalue weighted by molar-refractivity contribution is 14.0. The lowest BCUT2D eigenvalue weighted by Crippen LogP contribution is -2.38. The van der Waals surface area contributed by atoms with Crippen LogP contribution in [0.15, 0.2) is 27.0 Å². The molecule has 0 aliphatic rings. The Morgan fingerprint density at radius 3 is 2.74 bits per heavy atom. The van der Waals surface area contributed by atoms with Gasteiger partial charge in [0.2, 0.25) is 0 Å². The van der Waals surface area contributed by atoms with Crippen LogP contribution in [0.25, 0.3) is 0 Å². The van der Waals surface area contributed by atoms with Crippen molar-refractivity contribution in [1.29, 1.82) is 0 Å². The minimum Gasteiger partial charge on any atom is -0.361 e. The van der Waals surface area contributed by atoms with E-state index >= 15 is 0 Å². The molecular weight excluding hydrogens is 423 g/mol. The summed E-state index contributed by atoms with van der Waals surface area (Å²) >= 11 is 1.78. The van der Waals surface area contributed by atoms with Gasteiger partial charge in [0.1, 0.15) is 5.76 Å². The Balaban J connectivity index is 0.00000264. The third-order valence-corrected chi connectivity index (χ3v) is 4.44. The number of guanidine groups is 1. The van der Waals surface area contributed by atoms with Gasteiger partial charge in [-0.1, -0.05) is 25.1 Å². The fraction of sp³-hybridized carbons (Fsp3) is 0.500. The molecule has 0 unspecified atom stereocenters. The summed E-state index contributed by atoms with van der Waals surface area (Å²) < 4.78 is 5.38. The molecule has 0 bridgehead atoms. The first-order chi connectivity index (χ1) is 10.8. The van der Waals surface area contributed by atoms with Crippen molar-refractivity contribution in [3.63, 3.8) is 0 Å². The number of nitrogens with zero attached hydrogens (tertiary/aromatic N) is 2. The average molecular weight is 448 g/mol. The molecule has 0 saturated carbocycles.